The van der Waals surface area contributed by atoms with Crippen LogP contribution >= 0.6 is 7.82 Å². The van der Waals surface area contributed by atoms with Gasteiger partial charge in [0, 0.05) is 18.1 Å². The number of ether oxygens (including phenoxy) is 1. The molecule has 0 saturated heterocycles. The van der Waals surface area contributed by atoms with Crippen LogP contribution in [0.25, 0.3) is 0 Å². The van der Waals surface area contributed by atoms with Gasteiger partial charge in [-0.15, -0.1) is 0 Å². The van der Waals surface area contributed by atoms with Crippen molar-refractivity contribution in [3.05, 3.63) is 28.8 Å². The van der Waals surface area contributed by atoms with Gasteiger partial charge in [0.2, 0.25) is 0 Å². The number of phosphoric acid groups is 1. The summed E-state index contributed by atoms with van der Waals surface area (Å²) in [6.07, 6.45) is 0. The predicted octanol–water partition coefficient (Wildman–Crippen LogP) is 2.55. The molecule has 6 nitrogen and oxygen atoms in total. The first-order valence-corrected chi connectivity index (χ1v) is 9.10. The van der Waals surface area contributed by atoms with Gasteiger partial charge >= 0.3 is 22.5 Å². The average molecular weight is 415 g/mol. The van der Waals surface area contributed by atoms with Crippen LogP contribution in [0, 0.1) is 0 Å². The Morgan fingerprint density at radius 3 is 1.72 bits per heavy atom. The van der Waals surface area contributed by atoms with E-state index < -0.39 is 13.8 Å². The minimum atomic E-state index is -5.06. The van der Waals surface area contributed by atoms with Gasteiger partial charge in [-0.2, -0.15) is 0 Å². The van der Waals surface area contributed by atoms with Crippen LogP contribution in [-0.2, 0) is 47.8 Å². The molecule has 1 aromatic rings. The number of carbonyl (C=O) groups is 1. The molecule has 0 fully saturated rings. The van der Waals surface area contributed by atoms with E-state index in [2.05, 4.69) is 4.52 Å². The third-order valence-electron chi connectivity index (χ3n) is 3.40. The van der Waals surface area contributed by atoms with Crippen LogP contribution in [0.4, 0.5) is 0 Å². The molecule has 25 heavy (non-hydrogen) atoms. The van der Waals surface area contributed by atoms with E-state index in [9.17, 15) is 19.1 Å². The van der Waals surface area contributed by atoms with Crippen LogP contribution < -0.4 is 14.5 Å². The molecule has 0 aromatic heterocycles. The summed E-state index contributed by atoms with van der Waals surface area (Å²) in [5.74, 6) is 0.0392. The molecular formula is C17H25NiO6P. The molecular weight excluding hydrogens is 390 g/mol. The molecule has 144 valence electrons. The monoisotopic (exact) mass is 414 g/mol. The summed E-state index contributed by atoms with van der Waals surface area (Å²) in [7, 11) is -5.06. The molecule has 0 saturated carbocycles. The molecule has 0 aliphatic rings. The summed E-state index contributed by atoms with van der Waals surface area (Å²) in [5.41, 5.74) is 1.30. The first-order valence-electron chi connectivity index (χ1n) is 7.64. The molecule has 0 spiro atoms. The van der Waals surface area contributed by atoms with Crippen molar-refractivity contribution in [3.63, 3.8) is 0 Å². The molecule has 0 aliphatic carbocycles. The number of esters is 1. The fourth-order valence-electron chi connectivity index (χ4n) is 2.29. The predicted molar refractivity (Wildman–Crippen MR) is 87.5 cm³/mol. The van der Waals surface area contributed by atoms with Crippen LogP contribution in [-0.4, -0.2) is 5.97 Å². The maximum Gasteiger partial charge on any atom is 2.00 e. The molecule has 0 amide bonds. The Kier molecular flexibility index (Phi) is 8.09. The molecule has 1 aromatic carbocycles. The Balaban J connectivity index is 0.00000576. The van der Waals surface area contributed by atoms with E-state index in [1.807, 2.05) is 41.5 Å². The van der Waals surface area contributed by atoms with E-state index in [-0.39, 0.29) is 33.9 Å². The Bertz CT molecular complexity index is 632. The van der Waals surface area contributed by atoms with Crippen molar-refractivity contribution < 1.29 is 44.9 Å². The Morgan fingerprint density at radius 1 is 1.04 bits per heavy atom. The quantitative estimate of drug-likeness (QED) is 0.325. The second-order valence-electron chi connectivity index (χ2n) is 7.83. The zero-order chi connectivity index (χ0) is 18.9. The molecule has 0 N–H and O–H groups in total. The van der Waals surface area contributed by atoms with Gasteiger partial charge in [-0.3, -0.25) is 4.79 Å². The molecule has 8 heteroatoms. The third-order valence-corrected chi connectivity index (χ3v) is 3.85. The summed E-state index contributed by atoms with van der Waals surface area (Å²) in [4.78, 5) is 33.1. The van der Waals surface area contributed by atoms with Crippen molar-refractivity contribution in [1.82, 2.24) is 0 Å². The Morgan fingerprint density at radius 2 is 1.44 bits per heavy atom. The van der Waals surface area contributed by atoms with Gasteiger partial charge in [-0.05, 0) is 28.5 Å². The number of hydrogen-bond acceptors (Lipinski definition) is 6. The fourth-order valence-corrected chi connectivity index (χ4v) is 2.60. The van der Waals surface area contributed by atoms with Crippen LogP contribution in [0.5, 0.6) is 5.75 Å². The van der Waals surface area contributed by atoms with E-state index in [1.165, 1.54) is 6.92 Å². The van der Waals surface area contributed by atoms with Crippen LogP contribution in [0.1, 0.15) is 65.2 Å². The standard InChI is InChI=1S/C17H27O6P.Ni/c1-11(18)23-15-13(16(2,3)4)8-12(10-22-24(19,20)21)9-14(15)17(5,6)7;/h8-9H,10H2,1-7H3,(H2,19,20,21);/q;+2/p-2. The third kappa shape index (κ3) is 7.59. The van der Waals surface area contributed by atoms with Crippen molar-refractivity contribution in [2.24, 2.45) is 0 Å². The molecule has 1 rings (SSSR count). The van der Waals surface area contributed by atoms with E-state index in [0.717, 1.165) is 11.1 Å². The number of hydrogen-bond donors (Lipinski definition) is 0. The molecule has 0 aliphatic heterocycles. The van der Waals surface area contributed by atoms with Crippen molar-refractivity contribution >= 4 is 13.8 Å². The number of carbonyl (C=O) groups excluding carboxylic acids is 1. The minimum absolute atomic E-state index is 0. The van der Waals surface area contributed by atoms with E-state index >= 15 is 0 Å². The number of rotatable bonds is 4. The minimum Gasteiger partial charge on any atom is -0.790 e. The second kappa shape index (κ2) is 8.32. The van der Waals surface area contributed by atoms with Crippen LogP contribution in [0.3, 0.4) is 0 Å². The molecule has 0 heterocycles. The smallest absolute Gasteiger partial charge is 0.790 e. The van der Waals surface area contributed by atoms with E-state index in [4.69, 9.17) is 4.74 Å². The van der Waals surface area contributed by atoms with E-state index in [0.29, 0.717) is 11.3 Å². The largest absolute Gasteiger partial charge is 2.00 e. The molecule has 0 atom stereocenters. The second-order valence-corrected chi connectivity index (χ2v) is 8.99. The SMILES string of the molecule is CC(=O)Oc1c(C(C)(C)C)cc(COP(=O)([O-])[O-])cc1C(C)(C)C.[Ni+2]. The Labute approximate surface area is 159 Å². The van der Waals surface area contributed by atoms with Gasteiger partial charge in [0.1, 0.15) is 5.75 Å². The van der Waals surface area contributed by atoms with Crippen molar-refractivity contribution in [2.75, 3.05) is 0 Å². The summed E-state index contributed by atoms with van der Waals surface area (Å²) in [5, 5.41) is 0. The molecule has 0 unspecified atom stereocenters. The Hall–Kier alpha value is -0.706. The van der Waals surface area contributed by atoms with Gasteiger partial charge in [0.05, 0.1) is 14.4 Å². The fraction of sp³-hybridized carbons (Fsp3) is 0.588. The molecule has 0 radical (unpaired) electrons. The van der Waals surface area contributed by atoms with Crippen LogP contribution in [0.2, 0.25) is 0 Å². The maximum absolute atomic E-state index is 11.5. The van der Waals surface area contributed by atoms with Gasteiger partial charge in [-0.25, -0.2) is 0 Å². The first kappa shape index (κ1) is 24.3. The normalized spacial score (nSPS) is 12.5. The first-order chi connectivity index (χ1) is 10.6. The van der Waals surface area contributed by atoms with E-state index in [1.54, 1.807) is 12.1 Å². The van der Waals surface area contributed by atoms with Crippen molar-refractivity contribution in [1.29, 1.82) is 0 Å². The zero-order valence-corrected chi connectivity index (χ0v) is 17.5. The summed E-state index contributed by atoms with van der Waals surface area (Å²) in [6, 6.07) is 3.42. The van der Waals surface area contributed by atoms with Crippen LogP contribution in [0.15, 0.2) is 12.1 Å². The molecule has 0 bridgehead atoms. The van der Waals surface area contributed by atoms with Gasteiger partial charge < -0.3 is 23.6 Å². The topological polar surface area (TPSA) is 98.7 Å². The number of benzene rings is 1. The van der Waals surface area contributed by atoms with Gasteiger partial charge in [0.25, 0.3) is 0 Å². The average Bonchev–Trinajstić information content (AvgIpc) is 2.32. The summed E-state index contributed by atoms with van der Waals surface area (Å²) < 4.78 is 20.6. The summed E-state index contributed by atoms with van der Waals surface area (Å²) >= 11 is 0. The number of phosphoric ester groups is 1. The van der Waals surface area contributed by atoms with Crippen molar-refractivity contribution in [2.45, 2.75) is 65.9 Å². The van der Waals surface area contributed by atoms with Crippen molar-refractivity contribution in [3.8, 4) is 5.75 Å². The van der Waals surface area contributed by atoms with Gasteiger partial charge in [-0.1, -0.05) is 41.5 Å². The summed E-state index contributed by atoms with van der Waals surface area (Å²) in [6.45, 7) is 12.7. The zero-order valence-electron chi connectivity index (χ0n) is 15.6. The van der Waals surface area contributed by atoms with Gasteiger partial charge in [0.15, 0.2) is 0 Å². The maximum atomic E-state index is 11.5.